The number of amides is 1. The number of carbonyl (C=O) groups excluding carboxylic acids is 1. The van der Waals surface area contributed by atoms with Gasteiger partial charge in [-0.3, -0.25) is 9.10 Å². The molecule has 0 fully saturated rings. The molecular weight excluding hydrogens is 541 g/mol. The minimum atomic E-state index is -4.24. The summed E-state index contributed by atoms with van der Waals surface area (Å²) in [6.45, 7) is 1.45. The molecule has 0 bridgehead atoms. The summed E-state index contributed by atoms with van der Waals surface area (Å²) < 4.78 is 47.8. The van der Waals surface area contributed by atoms with E-state index in [1.807, 2.05) is 25.1 Å². The van der Waals surface area contributed by atoms with Crippen molar-refractivity contribution in [2.24, 2.45) is 5.10 Å². The van der Waals surface area contributed by atoms with Crippen molar-refractivity contribution in [1.82, 2.24) is 5.43 Å². The number of aryl methyl sites for hydroxylation is 1. The number of hydrogen-bond acceptors (Lipinski definition) is 5. The van der Waals surface area contributed by atoms with E-state index in [0.29, 0.717) is 22.9 Å². The molecule has 1 amide bonds. The second-order valence-corrected chi connectivity index (χ2v) is 10.8. The van der Waals surface area contributed by atoms with Gasteiger partial charge in [0, 0.05) is 10.6 Å². The number of benzene rings is 4. The Bertz CT molecular complexity index is 1580. The SMILES string of the molecule is Cc1ccc(S(=O)(=O)N(CC(=O)N/N=C/c2ccc(OCc3ccccc3Cl)cc2)c2ccccc2F)cc1. The van der Waals surface area contributed by atoms with Crippen LogP contribution in [0.15, 0.2) is 107 Å². The van der Waals surface area contributed by atoms with Crippen molar-refractivity contribution in [3.8, 4) is 5.75 Å². The van der Waals surface area contributed by atoms with Gasteiger partial charge in [0.25, 0.3) is 15.9 Å². The molecule has 0 radical (unpaired) electrons. The van der Waals surface area contributed by atoms with Gasteiger partial charge in [-0.1, -0.05) is 59.6 Å². The van der Waals surface area contributed by atoms with Crippen LogP contribution in [0.3, 0.4) is 0 Å². The smallest absolute Gasteiger partial charge is 0.264 e. The van der Waals surface area contributed by atoms with Crippen LogP contribution in [-0.4, -0.2) is 27.1 Å². The molecule has 7 nitrogen and oxygen atoms in total. The van der Waals surface area contributed by atoms with Gasteiger partial charge in [-0.15, -0.1) is 0 Å². The molecule has 0 aliphatic rings. The highest BCUT2D eigenvalue weighted by Crippen LogP contribution is 2.26. The summed E-state index contributed by atoms with van der Waals surface area (Å²) in [5.74, 6) is -0.899. The van der Waals surface area contributed by atoms with E-state index in [1.54, 1.807) is 42.5 Å². The maximum atomic E-state index is 14.6. The van der Waals surface area contributed by atoms with E-state index in [1.165, 1.54) is 36.5 Å². The first-order chi connectivity index (χ1) is 18.7. The predicted molar refractivity (Wildman–Crippen MR) is 150 cm³/mol. The van der Waals surface area contributed by atoms with Crippen LogP contribution in [0, 0.1) is 12.7 Å². The largest absolute Gasteiger partial charge is 0.489 e. The van der Waals surface area contributed by atoms with Crippen molar-refractivity contribution in [2.45, 2.75) is 18.4 Å². The molecule has 4 aromatic carbocycles. The number of nitrogens with zero attached hydrogens (tertiary/aromatic N) is 2. The molecule has 4 aromatic rings. The third kappa shape index (κ3) is 7.22. The van der Waals surface area contributed by atoms with Crippen molar-refractivity contribution in [3.05, 3.63) is 125 Å². The van der Waals surface area contributed by atoms with Gasteiger partial charge in [0.1, 0.15) is 24.7 Å². The van der Waals surface area contributed by atoms with Gasteiger partial charge in [-0.25, -0.2) is 18.2 Å². The van der Waals surface area contributed by atoms with Crippen molar-refractivity contribution < 1.29 is 22.3 Å². The monoisotopic (exact) mass is 565 g/mol. The number of nitrogens with one attached hydrogen (secondary N) is 1. The summed E-state index contributed by atoms with van der Waals surface area (Å²) in [6, 6.07) is 25.8. The molecule has 0 aromatic heterocycles. The Morgan fingerprint density at radius 2 is 1.64 bits per heavy atom. The number of anilines is 1. The number of halogens is 2. The van der Waals surface area contributed by atoms with E-state index in [4.69, 9.17) is 16.3 Å². The van der Waals surface area contributed by atoms with Crippen molar-refractivity contribution in [3.63, 3.8) is 0 Å². The first-order valence-electron chi connectivity index (χ1n) is 11.9. The van der Waals surface area contributed by atoms with Gasteiger partial charge < -0.3 is 4.74 Å². The summed E-state index contributed by atoms with van der Waals surface area (Å²) in [5, 5.41) is 4.54. The van der Waals surface area contributed by atoms with Gasteiger partial charge in [-0.2, -0.15) is 5.10 Å². The predicted octanol–water partition coefficient (Wildman–Crippen LogP) is 5.71. The average molecular weight is 566 g/mol. The lowest BCUT2D eigenvalue weighted by Crippen LogP contribution is -2.40. The topological polar surface area (TPSA) is 88.1 Å². The average Bonchev–Trinajstić information content (AvgIpc) is 2.93. The molecule has 0 saturated carbocycles. The van der Waals surface area contributed by atoms with Gasteiger partial charge in [0.2, 0.25) is 0 Å². The van der Waals surface area contributed by atoms with E-state index < -0.39 is 28.3 Å². The Hall–Kier alpha value is -4.21. The van der Waals surface area contributed by atoms with Gasteiger partial charge >= 0.3 is 0 Å². The Labute approximate surface area is 231 Å². The fourth-order valence-electron chi connectivity index (χ4n) is 3.56. The maximum Gasteiger partial charge on any atom is 0.264 e. The molecule has 0 saturated heterocycles. The van der Waals surface area contributed by atoms with Crippen molar-refractivity contribution in [2.75, 3.05) is 10.8 Å². The Kier molecular flexibility index (Phi) is 8.96. The number of para-hydroxylation sites is 1. The minimum absolute atomic E-state index is 0.0653. The fraction of sp³-hybridized carbons (Fsp3) is 0.103. The number of ether oxygens (including phenoxy) is 1. The summed E-state index contributed by atoms with van der Waals surface area (Å²) >= 11 is 6.15. The van der Waals surface area contributed by atoms with E-state index >= 15 is 0 Å². The van der Waals surface area contributed by atoms with Crippen LogP contribution >= 0.6 is 11.6 Å². The summed E-state index contributed by atoms with van der Waals surface area (Å²) in [4.78, 5) is 12.6. The van der Waals surface area contributed by atoms with E-state index in [-0.39, 0.29) is 10.6 Å². The molecule has 4 rings (SSSR count). The van der Waals surface area contributed by atoms with Crippen LogP contribution in [0.25, 0.3) is 0 Å². The molecule has 0 aliphatic heterocycles. The number of carbonyl (C=O) groups is 1. The molecule has 1 N–H and O–H groups in total. The molecule has 39 heavy (non-hydrogen) atoms. The molecular formula is C29H25ClFN3O4S. The molecule has 0 heterocycles. The quantitative estimate of drug-likeness (QED) is 0.197. The second kappa shape index (κ2) is 12.6. The molecule has 0 spiro atoms. The number of rotatable bonds is 10. The van der Waals surface area contributed by atoms with Crippen molar-refractivity contribution >= 4 is 39.4 Å². The minimum Gasteiger partial charge on any atom is -0.489 e. The lowest BCUT2D eigenvalue weighted by molar-refractivity contribution is -0.119. The summed E-state index contributed by atoms with van der Waals surface area (Å²) in [7, 11) is -4.24. The molecule has 0 unspecified atom stereocenters. The molecule has 200 valence electrons. The van der Waals surface area contributed by atoms with Gasteiger partial charge in [-0.05, 0) is 67.1 Å². The van der Waals surface area contributed by atoms with Crippen LogP contribution in [-0.2, 0) is 21.4 Å². The van der Waals surface area contributed by atoms with Crippen LogP contribution in [0.1, 0.15) is 16.7 Å². The Balaban J connectivity index is 1.42. The van der Waals surface area contributed by atoms with Gasteiger partial charge in [0.15, 0.2) is 0 Å². The molecule has 0 aliphatic carbocycles. The van der Waals surface area contributed by atoms with Crippen LogP contribution < -0.4 is 14.5 Å². The Morgan fingerprint density at radius 1 is 0.974 bits per heavy atom. The highest BCUT2D eigenvalue weighted by molar-refractivity contribution is 7.92. The number of hydrogen-bond donors (Lipinski definition) is 1. The molecule has 0 atom stereocenters. The summed E-state index contributed by atoms with van der Waals surface area (Å²) in [5.41, 5.74) is 4.45. The highest BCUT2D eigenvalue weighted by Gasteiger charge is 2.29. The third-order valence-corrected chi connectivity index (χ3v) is 7.80. The zero-order chi connectivity index (χ0) is 27.8. The second-order valence-electron chi connectivity index (χ2n) is 8.52. The number of hydrazone groups is 1. The van der Waals surface area contributed by atoms with Crippen LogP contribution in [0.5, 0.6) is 5.75 Å². The lowest BCUT2D eigenvalue weighted by atomic mass is 10.2. The number of sulfonamides is 1. The third-order valence-electron chi connectivity index (χ3n) is 5.65. The van der Waals surface area contributed by atoms with Gasteiger partial charge in [0.05, 0.1) is 16.8 Å². The first-order valence-corrected chi connectivity index (χ1v) is 13.7. The fourth-order valence-corrected chi connectivity index (χ4v) is 5.18. The zero-order valence-electron chi connectivity index (χ0n) is 20.9. The van der Waals surface area contributed by atoms with Crippen LogP contribution in [0.4, 0.5) is 10.1 Å². The normalized spacial score (nSPS) is 11.4. The zero-order valence-corrected chi connectivity index (χ0v) is 22.5. The van der Waals surface area contributed by atoms with Crippen LogP contribution in [0.2, 0.25) is 5.02 Å². The first kappa shape index (κ1) is 27.8. The molecule has 10 heteroatoms. The lowest BCUT2D eigenvalue weighted by Gasteiger charge is -2.24. The van der Waals surface area contributed by atoms with E-state index in [2.05, 4.69) is 10.5 Å². The van der Waals surface area contributed by atoms with Crippen molar-refractivity contribution in [1.29, 1.82) is 0 Å². The standard InChI is InChI=1S/C29H25ClFN3O4S/c1-21-10-16-25(17-11-21)39(36,37)34(28-9-5-4-8-27(28)31)19-29(35)33-32-18-22-12-14-24(15-13-22)38-20-23-6-2-3-7-26(23)30/h2-18H,19-20H2,1H3,(H,33,35)/b32-18+. The van der Waals surface area contributed by atoms with E-state index in [0.717, 1.165) is 21.5 Å². The summed E-state index contributed by atoms with van der Waals surface area (Å²) in [6.07, 6.45) is 1.40. The highest BCUT2D eigenvalue weighted by atomic mass is 35.5. The Morgan fingerprint density at radius 3 is 2.33 bits per heavy atom. The maximum absolute atomic E-state index is 14.6. The van der Waals surface area contributed by atoms with E-state index in [9.17, 15) is 17.6 Å².